The van der Waals surface area contributed by atoms with E-state index in [9.17, 15) is 0 Å². The monoisotopic (exact) mass is 188 g/mol. The molecule has 1 aliphatic rings. The van der Waals surface area contributed by atoms with Gasteiger partial charge in [-0.25, -0.2) is 0 Å². The molecule has 14 heavy (non-hydrogen) atoms. The number of terminal acetylenes is 1. The van der Waals surface area contributed by atoms with Gasteiger partial charge < -0.3 is 9.47 Å². The molecular weight excluding hydrogens is 176 g/mol. The Hall–Kier alpha value is -1.30. The van der Waals surface area contributed by atoms with Crippen LogP contribution in [0.4, 0.5) is 0 Å². The smallest absolute Gasteiger partial charge is 0.105 e. The zero-order valence-electron chi connectivity index (χ0n) is 7.90. The van der Waals surface area contributed by atoms with Gasteiger partial charge in [-0.05, 0) is 17.7 Å². The molecule has 0 amide bonds. The minimum Gasteiger partial charge on any atom is -0.376 e. The zero-order valence-corrected chi connectivity index (χ0v) is 7.90. The van der Waals surface area contributed by atoms with Crippen LogP contribution in [-0.2, 0) is 16.1 Å². The van der Waals surface area contributed by atoms with Gasteiger partial charge in [-0.2, -0.15) is 0 Å². The van der Waals surface area contributed by atoms with Crippen LogP contribution < -0.4 is 0 Å². The van der Waals surface area contributed by atoms with Crippen molar-refractivity contribution in [1.82, 2.24) is 0 Å². The van der Waals surface area contributed by atoms with Crippen LogP contribution in [0.1, 0.15) is 11.1 Å². The van der Waals surface area contributed by atoms with E-state index in [2.05, 4.69) is 5.92 Å². The summed E-state index contributed by atoms with van der Waals surface area (Å²) in [5.41, 5.74) is 2.05. The van der Waals surface area contributed by atoms with E-state index in [1.54, 1.807) is 0 Å². The Balaban J connectivity index is 1.86. The lowest BCUT2D eigenvalue weighted by Gasteiger charge is -2.25. The summed E-state index contributed by atoms with van der Waals surface area (Å²) < 4.78 is 10.6. The summed E-state index contributed by atoms with van der Waals surface area (Å²) in [6, 6.07) is 7.84. The third-order valence-corrected chi connectivity index (χ3v) is 2.21. The molecule has 0 N–H and O–H groups in total. The molecule has 72 valence electrons. The van der Waals surface area contributed by atoms with Crippen LogP contribution in [0.25, 0.3) is 0 Å². The molecule has 0 radical (unpaired) electrons. The fourth-order valence-corrected chi connectivity index (χ4v) is 1.22. The second-order valence-electron chi connectivity index (χ2n) is 3.31. The topological polar surface area (TPSA) is 18.5 Å². The maximum Gasteiger partial charge on any atom is 0.105 e. The SMILES string of the molecule is C#Cc1ccc(COC2COC2)cc1. The van der Waals surface area contributed by atoms with Crippen LogP contribution in [0, 0.1) is 12.3 Å². The Kier molecular flexibility index (Phi) is 2.83. The number of benzene rings is 1. The third-order valence-electron chi connectivity index (χ3n) is 2.21. The molecule has 0 bridgehead atoms. The Morgan fingerprint density at radius 1 is 1.36 bits per heavy atom. The Morgan fingerprint density at radius 3 is 2.57 bits per heavy atom. The van der Waals surface area contributed by atoms with Gasteiger partial charge in [-0.3, -0.25) is 0 Å². The summed E-state index contributed by atoms with van der Waals surface area (Å²) in [6.45, 7) is 2.09. The van der Waals surface area contributed by atoms with E-state index >= 15 is 0 Å². The van der Waals surface area contributed by atoms with Gasteiger partial charge in [0, 0.05) is 5.56 Å². The predicted octanol–water partition coefficient (Wildman–Crippen LogP) is 1.58. The molecule has 0 atom stereocenters. The zero-order chi connectivity index (χ0) is 9.80. The first-order chi connectivity index (χ1) is 6.88. The first-order valence-corrected chi connectivity index (χ1v) is 4.63. The molecule has 0 spiro atoms. The molecule has 1 aromatic carbocycles. The fraction of sp³-hybridized carbons (Fsp3) is 0.333. The van der Waals surface area contributed by atoms with E-state index in [-0.39, 0.29) is 6.10 Å². The average molecular weight is 188 g/mol. The highest BCUT2D eigenvalue weighted by molar-refractivity contribution is 5.33. The van der Waals surface area contributed by atoms with Crippen LogP contribution in [-0.4, -0.2) is 19.3 Å². The van der Waals surface area contributed by atoms with E-state index in [1.807, 2.05) is 24.3 Å². The lowest BCUT2D eigenvalue weighted by atomic mass is 10.1. The van der Waals surface area contributed by atoms with Crippen LogP contribution in [0.2, 0.25) is 0 Å². The first-order valence-electron chi connectivity index (χ1n) is 4.63. The summed E-state index contributed by atoms with van der Waals surface area (Å²) >= 11 is 0. The molecule has 0 saturated carbocycles. The molecule has 1 fully saturated rings. The van der Waals surface area contributed by atoms with Crippen molar-refractivity contribution in [3.63, 3.8) is 0 Å². The van der Waals surface area contributed by atoms with E-state index in [4.69, 9.17) is 15.9 Å². The van der Waals surface area contributed by atoms with E-state index in [0.717, 1.165) is 24.3 Å². The second kappa shape index (κ2) is 4.28. The summed E-state index contributed by atoms with van der Waals surface area (Å²) in [4.78, 5) is 0. The van der Waals surface area contributed by atoms with Crippen molar-refractivity contribution < 1.29 is 9.47 Å². The summed E-state index contributed by atoms with van der Waals surface area (Å²) in [5, 5.41) is 0. The highest BCUT2D eigenvalue weighted by atomic mass is 16.6. The van der Waals surface area contributed by atoms with Crippen LogP contribution >= 0.6 is 0 Å². The molecule has 0 aliphatic carbocycles. The van der Waals surface area contributed by atoms with E-state index in [1.165, 1.54) is 0 Å². The average Bonchev–Trinajstić information content (AvgIpc) is 2.16. The van der Waals surface area contributed by atoms with Crippen molar-refractivity contribution in [2.24, 2.45) is 0 Å². The first kappa shape index (κ1) is 9.26. The number of hydrogen-bond donors (Lipinski definition) is 0. The van der Waals surface area contributed by atoms with Crippen molar-refractivity contribution in [3.8, 4) is 12.3 Å². The lowest BCUT2D eigenvalue weighted by molar-refractivity contribution is -0.135. The Morgan fingerprint density at radius 2 is 2.07 bits per heavy atom. The van der Waals surface area contributed by atoms with Crippen LogP contribution in [0.15, 0.2) is 24.3 Å². The van der Waals surface area contributed by atoms with E-state index < -0.39 is 0 Å². The summed E-state index contributed by atoms with van der Waals surface area (Å²) in [6.07, 6.45) is 5.53. The van der Waals surface area contributed by atoms with Crippen molar-refractivity contribution >= 4 is 0 Å². The van der Waals surface area contributed by atoms with Crippen molar-refractivity contribution in [3.05, 3.63) is 35.4 Å². The van der Waals surface area contributed by atoms with Gasteiger partial charge in [0.1, 0.15) is 6.10 Å². The van der Waals surface area contributed by atoms with Crippen LogP contribution in [0.5, 0.6) is 0 Å². The molecule has 1 saturated heterocycles. The standard InChI is InChI=1S/C12H12O2/c1-2-10-3-5-11(6-4-10)7-14-12-8-13-9-12/h1,3-6,12H,7-9H2. The highest BCUT2D eigenvalue weighted by Crippen LogP contribution is 2.10. The third kappa shape index (κ3) is 2.14. The van der Waals surface area contributed by atoms with Crippen molar-refractivity contribution in [2.45, 2.75) is 12.7 Å². The summed E-state index contributed by atoms with van der Waals surface area (Å²) in [5.74, 6) is 2.58. The maximum atomic E-state index is 5.56. The maximum absolute atomic E-state index is 5.56. The number of hydrogen-bond acceptors (Lipinski definition) is 2. The largest absolute Gasteiger partial charge is 0.376 e. The molecule has 1 heterocycles. The number of rotatable bonds is 3. The molecule has 0 unspecified atom stereocenters. The molecule has 2 nitrogen and oxygen atoms in total. The fourth-order valence-electron chi connectivity index (χ4n) is 1.22. The second-order valence-corrected chi connectivity index (χ2v) is 3.31. The van der Waals surface area contributed by atoms with Gasteiger partial charge in [-0.15, -0.1) is 6.42 Å². The van der Waals surface area contributed by atoms with Gasteiger partial charge >= 0.3 is 0 Å². The normalized spacial score (nSPS) is 15.9. The lowest BCUT2D eigenvalue weighted by Crippen LogP contribution is -2.35. The van der Waals surface area contributed by atoms with Gasteiger partial charge in [0.05, 0.1) is 19.8 Å². The van der Waals surface area contributed by atoms with Crippen molar-refractivity contribution in [1.29, 1.82) is 0 Å². The minimum absolute atomic E-state index is 0.280. The van der Waals surface area contributed by atoms with Crippen LogP contribution in [0.3, 0.4) is 0 Å². The van der Waals surface area contributed by atoms with E-state index in [0.29, 0.717) is 6.61 Å². The van der Waals surface area contributed by atoms with Crippen molar-refractivity contribution in [2.75, 3.05) is 13.2 Å². The van der Waals surface area contributed by atoms with Gasteiger partial charge in [-0.1, -0.05) is 18.1 Å². The molecule has 2 heteroatoms. The predicted molar refractivity (Wildman–Crippen MR) is 53.8 cm³/mol. The molecule has 2 rings (SSSR count). The molecule has 1 aromatic rings. The number of ether oxygens (including phenoxy) is 2. The minimum atomic E-state index is 0.280. The van der Waals surface area contributed by atoms with Gasteiger partial charge in [0.15, 0.2) is 0 Å². The Labute approximate surface area is 83.8 Å². The van der Waals surface area contributed by atoms with Gasteiger partial charge in [0.25, 0.3) is 0 Å². The van der Waals surface area contributed by atoms with Gasteiger partial charge in [0.2, 0.25) is 0 Å². The molecular formula is C12H12O2. The Bertz CT molecular complexity index is 330. The summed E-state index contributed by atoms with van der Waals surface area (Å²) in [7, 11) is 0. The highest BCUT2D eigenvalue weighted by Gasteiger charge is 2.18. The molecule has 0 aromatic heterocycles. The quantitative estimate of drug-likeness (QED) is 0.670. The molecule has 1 aliphatic heterocycles.